The van der Waals surface area contributed by atoms with Crippen LogP contribution in [-0.4, -0.2) is 58.4 Å². The Morgan fingerprint density at radius 3 is 2.44 bits per heavy atom. The highest BCUT2D eigenvalue weighted by Crippen LogP contribution is 2.67. The zero-order valence-electron chi connectivity index (χ0n) is 22.0. The van der Waals surface area contributed by atoms with Crippen LogP contribution in [0.2, 0.25) is 0 Å². The van der Waals surface area contributed by atoms with Crippen LogP contribution in [0.5, 0.6) is 0 Å². The molecule has 0 spiro atoms. The first-order valence-corrected chi connectivity index (χ1v) is 13.7. The molecule has 1 amide bonds. The molecule has 2 N–H and O–H groups in total. The Morgan fingerprint density at radius 1 is 1.06 bits per heavy atom. The molecule has 0 aromatic rings. The average Bonchev–Trinajstić information content (AvgIpc) is 3.08. The first-order valence-electron chi connectivity index (χ1n) is 13.7. The van der Waals surface area contributed by atoms with Crippen LogP contribution in [0.1, 0.15) is 92.4 Å². The monoisotopic (exact) mass is 477 g/mol. The molecular weight excluding hydrogens is 430 g/mol. The zero-order chi connectivity index (χ0) is 24.9. The third-order valence-electron chi connectivity index (χ3n) is 10.5. The maximum atomic E-state index is 12.2. The molecule has 0 radical (unpaired) electrons. The molecule has 34 heavy (non-hydrogen) atoms. The Labute approximate surface area is 205 Å². The van der Waals surface area contributed by atoms with Gasteiger partial charge < -0.3 is 19.8 Å². The van der Waals surface area contributed by atoms with E-state index in [0.29, 0.717) is 42.6 Å². The molecule has 1 saturated heterocycles. The molecule has 8 atom stereocenters. The smallest absolute Gasteiger partial charge is 0.306 e. The lowest BCUT2D eigenvalue weighted by molar-refractivity contribution is -0.175. The Hall–Kier alpha value is -1.14. The molecule has 1 aliphatic heterocycles. The third-order valence-corrected chi connectivity index (χ3v) is 10.5. The summed E-state index contributed by atoms with van der Waals surface area (Å²) in [5, 5.41) is 20.7. The molecule has 4 aliphatic rings. The van der Waals surface area contributed by atoms with E-state index in [4.69, 9.17) is 4.74 Å². The van der Waals surface area contributed by atoms with Crippen molar-refractivity contribution in [3.05, 3.63) is 0 Å². The topological polar surface area (TPSA) is 87.1 Å². The number of aliphatic hydroxyl groups is 2. The number of carbonyl (C=O) groups excluding carboxylic acids is 2. The number of piperidine rings is 1. The van der Waals surface area contributed by atoms with Gasteiger partial charge in [-0.3, -0.25) is 9.59 Å². The van der Waals surface area contributed by atoms with Gasteiger partial charge in [0.05, 0.1) is 6.10 Å². The van der Waals surface area contributed by atoms with E-state index in [-0.39, 0.29) is 28.8 Å². The Kier molecular flexibility index (Phi) is 7.16. The molecule has 3 saturated carbocycles. The van der Waals surface area contributed by atoms with Crippen molar-refractivity contribution in [2.75, 3.05) is 19.7 Å². The van der Waals surface area contributed by atoms with E-state index in [2.05, 4.69) is 13.8 Å². The van der Waals surface area contributed by atoms with E-state index in [0.717, 1.165) is 38.6 Å². The summed E-state index contributed by atoms with van der Waals surface area (Å²) in [6.07, 6.45) is 8.60. The van der Waals surface area contributed by atoms with Crippen LogP contribution in [0.25, 0.3) is 0 Å². The Morgan fingerprint density at radius 2 is 1.76 bits per heavy atom. The summed E-state index contributed by atoms with van der Waals surface area (Å²) in [5.74, 6) is 2.04. The Bertz CT molecular complexity index is 777. The number of carbonyl (C=O) groups is 2. The lowest BCUT2D eigenvalue weighted by Crippen LogP contribution is -2.61. The number of esters is 1. The van der Waals surface area contributed by atoms with Crippen LogP contribution >= 0.6 is 0 Å². The largest absolute Gasteiger partial charge is 0.460 e. The molecule has 4 fully saturated rings. The summed E-state index contributed by atoms with van der Waals surface area (Å²) in [5.41, 5.74) is -0.0222. The van der Waals surface area contributed by atoms with Gasteiger partial charge in [0.1, 0.15) is 12.2 Å². The van der Waals surface area contributed by atoms with E-state index in [1.165, 1.54) is 19.3 Å². The summed E-state index contributed by atoms with van der Waals surface area (Å²) in [7, 11) is 0. The van der Waals surface area contributed by atoms with Crippen LogP contribution in [0.4, 0.5) is 0 Å². The van der Waals surface area contributed by atoms with Crippen molar-refractivity contribution in [3.8, 4) is 0 Å². The second-order valence-corrected chi connectivity index (χ2v) is 13.3. The summed E-state index contributed by atoms with van der Waals surface area (Å²) < 4.78 is 5.50. The summed E-state index contributed by atoms with van der Waals surface area (Å²) in [6, 6.07) is 0. The molecule has 0 bridgehead atoms. The zero-order valence-corrected chi connectivity index (χ0v) is 22.0. The first kappa shape index (κ1) is 25.9. The summed E-state index contributed by atoms with van der Waals surface area (Å²) in [6.45, 7) is 11.6. The highest BCUT2D eigenvalue weighted by molar-refractivity contribution is 5.77. The standard InChI is InChI=1S/C28H47NO5/c1-26(2,3)34-24(33)8-6-7-18-9-10-20-25-21(11-12-27(18,20)4)28(5)13-14-29(23(32)17-30)16-19(28)15-22(25)31/h18-22,25,30-31H,6-17H2,1-5H3. The normalized spacial score (nSPS) is 41.9. The Balaban J connectivity index is 1.42. The van der Waals surface area contributed by atoms with Crippen LogP contribution in [-0.2, 0) is 14.3 Å². The van der Waals surface area contributed by atoms with Crippen molar-refractivity contribution in [2.24, 2.45) is 40.4 Å². The second kappa shape index (κ2) is 9.38. The number of amides is 1. The predicted molar refractivity (Wildman–Crippen MR) is 131 cm³/mol. The van der Waals surface area contributed by atoms with Gasteiger partial charge in [-0.05, 0) is 113 Å². The lowest BCUT2D eigenvalue weighted by Gasteiger charge is -2.62. The number of nitrogens with zero attached hydrogens (tertiary/aromatic N) is 1. The quantitative estimate of drug-likeness (QED) is 0.581. The van der Waals surface area contributed by atoms with E-state index in [1.807, 2.05) is 25.7 Å². The second-order valence-electron chi connectivity index (χ2n) is 13.3. The van der Waals surface area contributed by atoms with E-state index < -0.39 is 12.2 Å². The van der Waals surface area contributed by atoms with E-state index in [1.54, 1.807) is 0 Å². The number of ether oxygens (including phenoxy) is 1. The molecule has 194 valence electrons. The van der Waals surface area contributed by atoms with E-state index in [9.17, 15) is 19.8 Å². The van der Waals surface area contributed by atoms with Gasteiger partial charge >= 0.3 is 5.97 Å². The molecule has 0 aromatic carbocycles. The maximum absolute atomic E-state index is 12.2. The minimum Gasteiger partial charge on any atom is -0.460 e. The minimum atomic E-state index is -0.424. The van der Waals surface area contributed by atoms with Crippen molar-refractivity contribution < 1.29 is 24.5 Å². The van der Waals surface area contributed by atoms with Gasteiger partial charge in [0.25, 0.3) is 0 Å². The minimum absolute atomic E-state index is 0.0939. The number of likely N-dealkylation sites (tertiary alicyclic amines) is 1. The van der Waals surface area contributed by atoms with Crippen LogP contribution < -0.4 is 0 Å². The SMILES string of the molecule is CC(C)(C)OC(=O)CCCC1CCC2C3C(O)CC4CN(C(=O)CO)CCC4(C)C3CCC12C. The number of rotatable bonds is 5. The average molecular weight is 478 g/mol. The predicted octanol–water partition coefficient (Wildman–Crippen LogP) is 4.17. The molecule has 8 unspecified atom stereocenters. The van der Waals surface area contributed by atoms with Crippen LogP contribution in [0.3, 0.4) is 0 Å². The van der Waals surface area contributed by atoms with Crippen molar-refractivity contribution in [1.82, 2.24) is 4.90 Å². The first-order chi connectivity index (χ1) is 15.9. The number of fused-ring (bicyclic) bond motifs is 5. The molecule has 4 rings (SSSR count). The number of aliphatic hydroxyl groups excluding tert-OH is 2. The highest BCUT2D eigenvalue weighted by Gasteiger charge is 2.62. The van der Waals surface area contributed by atoms with Gasteiger partial charge in [0.15, 0.2) is 0 Å². The molecule has 3 aliphatic carbocycles. The van der Waals surface area contributed by atoms with Gasteiger partial charge in [-0.1, -0.05) is 13.8 Å². The van der Waals surface area contributed by atoms with Gasteiger partial charge in [0.2, 0.25) is 5.91 Å². The fourth-order valence-corrected chi connectivity index (χ4v) is 8.72. The van der Waals surface area contributed by atoms with Gasteiger partial charge in [-0.15, -0.1) is 0 Å². The van der Waals surface area contributed by atoms with Gasteiger partial charge in [-0.25, -0.2) is 0 Å². The number of hydrogen-bond acceptors (Lipinski definition) is 5. The van der Waals surface area contributed by atoms with Crippen molar-refractivity contribution >= 4 is 11.9 Å². The van der Waals surface area contributed by atoms with Crippen molar-refractivity contribution in [3.63, 3.8) is 0 Å². The highest BCUT2D eigenvalue weighted by atomic mass is 16.6. The fraction of sp³-hybridized carbons (Fsp3) is 0.929. The van der Waals surface area contributed by atoms with Crippen molar-refractivity contribution in [2.45, 2.75) is 104 Å². The molecular formula is C28H47NO5. The van der Waals surface area contributed by atoms with Gasteiger partial charge in [0, 0.05) is 19.5 Å². The molecule has 0 aromatic heterocycles. The van der Waals surface area contributed by atoms with Gasteiger partial charge in [-0.2, -0.15) is 0 Å². The molecule has 1 heterocycles. The van der Waals surface area contributed by atoms with Crippen LogP contribution in [0.15, 0.2) is 0 Å². The summed E-state index contributed by atoms with van der Waals surface area (Å²) in [4.78, 5) is 26.1. The summed E-state index contributed by atoms with van der Waals surface area (Å²) >= 11 is 0. The molecule has 6 nitrogen and oxygen atoms in total. The van der Waals surface area contributed by atoms with E-state index >= 15 is 0 Å². The van der Waals surface area contributed by atoms with Crippen molar-refractivity contribution in [1.29, 1.82) is 0 Å². The fourth-order valence-electron chi connectivity index (χ4n) is 8.72. The third kappa shape index (κ3) is 4.66. The van der Waals surface area contributed by atoms with Crippen LogP contribution in [0, 0.1) is 40.4 Å². The maximum Gasteiger partial charge on any atom is 0.306 e. The lowest BCUT2D eigenvalue weighted by atomic mass is 9.45. The molecule has 6 heteroatoms. The number of hydrogen-bond donors (Lipinski definition) is 2.